The zero-order valence-corrected chi connectivity index (χ0v) is 21.9. The van der Waals surface area contributed by atoms with Gasteiger partial charge in [-0.3, -0.25) is 0 Å². The molecule has 4 saturated carbocycles. The summed E-state index contributed by atoms with van der Waals surface area (Å²) >= 11 is 0. The molecule has 4 fully saturated rings. The lowest BCUT2D eigenvalue weighted by Crippen LogP contribution is -2.66. The molecule has 0 saturated heterocycles. The molecule has 4 aliphatic carbocycles. The molecule has 0 aromatic rings. The smallest absolute Gasteiger partial charge is 0.0652 e. The maximum absolute atomic E-state index is 11.7. The molecule has 186 valence electrons. The second-order valence-corrected chi connectivity index (χ2v) is 13.9. The number of hydrogen-bond acceptors (Lipinski definition) is 4. The SMILES string of the molecule is CNCCC[C@](C)(O)[C@H]1CC[C@]2(C)C1[C@H](O)CC1[C@@]3(C)CC[C@H](O)C(C)(C)C3CC[C@]12C. The van der Waals surface area contributed by atoms with E-state index < -0.39 is 5.60 Å². The molecule has 10 atom stereocenters. The van der Waals surface area contributed by atoms with Crippen molar-refractivity contribution >= 4 is 0 Å². The van der Waals surface area contributed by atoms with Gasteiger partial charge in [0.2, 0.25) is 0 Å². The van der Waals surface area contributed by atoms with Crippen LogP contribution in [0.3, 0.4) is 0 Å². The first-order valence-corrected chi connectivity index (χ1v) is 13.5. The lowest BCUT2D eigenvalue weighted by Gasteiger charge is -2.70. The van der Waals surface area contributed by atoms with Crippen LogP contribution in [0.1, 0.15) is 99.3 Å². The molecule has 0 aliphatic heterocycles. The van der Waals surface area contributed by atoms with Crippen molar-refractivity contribution in [2.45, 2.75) is 117 Å². The minimum Gasteiger partial charge on any atom is -0.393 e. The molecule has 4 nitrogen and oxygen atoms in total. The molecule has 3 unspecified atom stereocenters. The van der Waals surface area contributed by atoms with Crippen LogP contribution in [0.15, 0.2) is 0 Å². The van der Waals surface area contributed by atoms with Gasteiger partial charge in [0.05, 0.1) is 17.8 Å². The summed E-state index contributed by atoms with van der Waals surface area (Å²) in [5, 5.41) is 37.3. The monoisotopic (exact) mass is 449 g/mol. The van der Waals surface area contributed by atoms with Gasteiger partial charge in [-0.05, 0) is 124 Å². The van der Waals surface area contributed by atoms with Gasteiger partial charge >= 0.3 is 0 Å². The van der Waals surface area contributed by atoms with Crippen LogP contribution in [0.5, 0.6) is 0 Å². The van der Waals surface area contributed by atoms with Crippen LogP contribution in [0.25, 0.3) is 0 Å². The zero-order valence-electron chi connectivity index (χ0n) is 21.9. The van der Waals surface area contributed by atoms with Crippen molar-refractivity contribution in [2.24, 2.45) is 45.3 Å². The van der Waals surface area contributed by atoms with E-state index in [1.54, 1.807) is 0 Å². The number of aliphatic hydroxyl groups is 3. The highest BCUT2D eigenvalue weighted by Gasteiger charge is 2.71. The third-order valence-electron chi connectivity index (χ3n) is 12.3. The average Bonchev–Trinajstić information content (AvgIpc) is 3.08. The van der Waals surface area contributed by atoms with E-state index in [1.165, 1.54) is 12.8 Å². The van der Waals surface area contributed by atoms with Crippen molar-refractivity contribution < 1.29 is 15.3 Å². The Morgan fingerprint density at radius 2 is 1.56 bits per heavy atom. The van der Waals surface area contributed by atoms with E-state index in [0.29, 0.717) is 11.8 Å². The maximum Gasteiger partial charge on any atom is 0.0652 e. The van der Waals surface area contributed by atoms with Gasteiger partial charge in [0.25, 0.3) is 0 Å². The van der Waals surface area contributed by atoms with E-state index in [1.807, 2.05) is 14.0 Å². The van der Waals surface area contributed by atoms with Gasteiger partial charge in [-0.15, -0.1) is 0 Å². The summed E-state index contributed by atoms with van der Waals surface area (Å²) in [6, 6.07) is 0. The molecule has 0 aromatic heterocycles. The summed E-state index contributed by atoms with van der Waals surface area (Å²) in [5.74, 6) is 1.33. The fraction of sp³-hybridized carbons (Fsp3) is 1.00. The lowest BCUT2D eigenvalue weighted by molar-refractivity contribution is -0.246. The molecule has 0 spiro atoms. The van der Waals surface area contributed by atoms with Crippen LogP contribution in [-0.2, 0) is 0 Å². The van der Waals surface area contributed by atoms with E-state index in [9.17, 15) is 15.3 Å². The second kappa shape index (κ2) is 7.93. The van der Waals surface area contributed by atoms with Crippen LogP contribution in [0, 0.1) is 45.3 Å². The van der Waals surface area contributed by atoms with Crippen molar-refractivity contribution in [3.63, 3.8) is 0 Å². The Kier molecular flexibility index (Phi) is 6.18. The standard InChI is InChI=1S/C28H51NO3/c1-24(2)20-10-15-26(4)21(25(20,3)13-11-22(24)31)17-19(30)23-18(9-14-27(23,26)5)28(6,32)12-8-16-29-7/h18-23,29-32H,8-17H2,1-7H3/t18-,19+,20?,21?,22-,23?,25-,26+,27+,28-/m0/s1. The van der Waals surface area contributed by atoms with Crippen LogP contribution in [0.2, 0.25) is 0 Å². The Bertz CT molecular complexity index is 707. The van der Waals surface area contributed by atoms with Gasteiger partial charge in [0.1, 0.15) is 0 Å². The van der Waals surface area contributed by atoms with Crippen molar-refractivity contribution in [2.75, 3.05) is 13.6 Å². The van der Waals surface area contributed by atoms with E-state index in [2.05, 4.69) is 39.9 Å². The third-order valence-corrected chi connectivity index (χ3v) is 12.3. The van der Waals surface area contributed by atoms with Gasteiger partial charge in [0.15, 0.2) is 0 Å². The Labute approximate surface area is 197 Å². The minimum absolute atomic E-state index is 0.0567. The van der Waals surface area contributed by atoms with Gasteiger partial charge in [0, 0.05) is 0 Å². The first-order valence-electron chi connectivity index (χ1n) is 13.5. The molecule has 0 heterocycles. The van der Waals surface area contributed by atoms with Gasteiger partial charge < -0.3 is 20.6 Å². The Hall–Kier alpha value is -0.160. The largest absolute Gasteiger partial charge is 0.393 e. The number of rotatable bonds is 5. The predicted octanol–water partition coefficient (Wildman–Crippen LogP) is 4.75. The Balaban J connectivity index is 1.67. The van der Waals surface area contributed by atoms with Crippen molar-refractivity contribution in [3.05, 3.63) is 0 Å². The predicted molar refractivity (Wildman–Crippen MR) is 130 cm³/mol. The fourth-order valence-electron chi connectivity index (χ4n) is 10.3. The van der Waals surface area contributed by atoms with Crippen molar-refractivity contribution in [3.8, 4) is 0 Å². The molecule has 0 radical (unpaired) electrons. The summed E-state index contributed by atoms with van der Waals surface area (Å²) < 4.78 is 0. The van der Waals surface area contributed by atoms with E-state index in [4.69, 9.17) is 0 Å². The zero-order chi connectivity index (χ0) is 23.7. The molecule has 0 amide bonds. The fourth-order valence-corrected chi connectivity index (χ4v) is 10.3. The Morgan fingerprint density at radius 1 is 0.906 bits per heavy atom. The van der Waals surface area contributed by atoms with Gasteiger partial charge in [-0.25, -0.2) is 0 Å². The molecule has 32 heavy (non-hydrogen) atoms. The normalized spacial score (nSPS) is 51.9. The highest BCUT2D eigenvalue weighted by atomic mass is 16.3. The van der Waals surface area contributed by atoms with E-state index in [0.717, 1.165) is 51.5 Å². The average molecular weight is 450 g/mol. The van der Waals surface area contributed by atoms with Gasteiger partial charge in [-0.2, -0.15) is 0 Å². The maximum atomic E-state index is 11.7. The Morgan fingerprint density at radius 3 is 2.22 bits per heavy atom. The number of hydrogen-bond donors (Lipinski definition) is 4. The highest BCUT2D eigenvalue weighted by Crippen LogP contribution is 2.75. The van der Waals surface area contributed by atoms with Gasteiger partial charge in [-0.1, -0.05) is 34.6 Å². The molecule has 4 aliphatic rings. The summed E-state index contributed by atoms with van der Waals surface area (Å²) in [4.78, 5) is 0. The molecular weight excluding hydrogens is 398 g/mol. The van der Waals surface area contributed by atoms with E-state index in [-0.39, 0.29) is 45.7 Å². The van der Waals surface area contributed by atoms with Crippen LogP contribution < -0.4 is 5.32 Å². The second-order valence-electron chi connectivity index (χ2n) is 13.9. The highest BCUT2D eigenvalue weighted by molar-refractivity contribution is 5.19. The number of fused-ring (bicyclic) bond motifs is 5. The van der Waals surface area contributed by atoms with Crippen molar-refractivity contribution in [1.82, 2.24) is 5.32 Å². The van der Waals surface area contributed by atoms with Crippen LogP contribution >= 0.6 is 0 Å². The minimum atomic E-state index is -0.721. The first-order chi connectivity index (χ1) is 14.8. The topological polar surface area (TPSA) is 72.7 Å². The summed E-state index contributed by atoms with van der Waals surface area (Å²) in [7, 11) is 1.97. The van der Waals surface area contributed by atoms with Crippen molar-refractivity contribution in [1.29, 1.82) is 0 Å². The molecule has 4 N–H and O–H groups in total. The molecule has 4 heteroatoms. The van der Waals surface area contributed by atoms with Crippen LogP contribution in [0.4, 0.5) is 0 Å². The van der Waals surface area contributed by atoms with Crippen LogP contribution in [-0.4, -0.2) is 46.7 Å². The molecule has 4 rings (SSSR count). The quantitative estimate of drug-likeness (QED) is 0.457. The molecule has 0 aromatic carbocycles. The molecular formula is C28H51NO3. The first kappa shape index (κ1) is 24.9. The molecule has 0 bridgehead atoms. The number of aliphatic hydroxyl groups excluding tert-OH is 2. The summed E-state index contributed by atoms with van der Waals surface area (Å²) in [6.07, 6.45) is 8.51. The van der Waals surface area contributed by atoms with E-state index >= 15 is 0 Å². The number of nitrogens with one attached hydrogen (secondary N) is 1. The summed E-state index contributed by atoms with van der Waals surface area (Å²) in [6.45, 7) is 15.0. The third kappa shape index (κ3) is 3.29. The lowest BCUT2D eigenvalue weighted by atomic mass is 9.35. The summed E-state index contributed by atoms with van der Waals surface area (Å²) in [5.41, 5.74) is -0.386.